The van der Waals surface area contributed by atoms with Crippen molar-refractivity contribution in [3.05, 3.63) is 22.7 Å². The van der Waals surface area contributed by atoms with Gasteiger partial charge in [-0.2, -0.15) is 0 Å². The van der Waals surface area contributed by atoms with Gasteiger partial charge in [0.25, 0.3) is 0 Å². The second-order valence-corrected chi connectivity index (χ2v) is 6.39. The Balaban J connectivity index is 2.27. The van der Waals surface area contributed by atoms with Gasteiger partial charge in [0.15, 0.2) is 0 Å². The minimum Gasteiger partial charge on any atom is -0.478 e. The maximum Gasteiger partial charge on any atom is 0.337 e. The molecule has 104 valence electrons. The van der Waals surface area contributed by atoms with Crippen molar-refractivity contribution in [2.45, 2.75) is 39.2 Å². The van der Waals surface area contributed by atoms with Crippen LogP contribution >= 0.6 is 11.6 Å². The van der Waals surface area contributed by atoms with Gasteiger partial charge in [-0.05, 0) is 36.8 Å². The number of carboxylic acid groups (broad SMARTS) is 1. The van der Waals surface area contributed by atoms with Gasteiger partial charge < -0.3 is 16.2 Å². The Bertz CT molecular complexity index is 514. The van der Waals surface area contributed by atoms with Crippen molar-refractivity contribution < 1.29 is 9.90 Å². The molecular formula is C14H19ClN2O2. The Kier molecular flexibility index (Phi) is 3.63. The average Bonchev–Trinajstić information content (AvgIpc) is 2.61. The fraction of sp³-hybridized carbons (Fsp3) is 0.500. The van der Waals surface area contributed by atoms with Crippen LogP contribution in [0.2, 0.25) is 5.02 Å². The van der Waals surface area contributed by atoms with Gasteiger partial charge in [0, 0.05) is 11.7 Å². The third kappa shape index (κ3) is 3.13. The van der Waals surface area contributed by atoms with Gasteiger partial charge >= 0.3 is 5.97 Å². The molecule has 1 aliphatic rings. The van der Waals surface area contributed by atoms with Gasteiger partial charge in [-0.3, -0.25) is 0 Å². The molecule has 0 saturated heterocycles. The largest absolute Gasteiger partial charge is 0.478 e. The summed E-state index contributed by atoms with van der Waals surface area (Å²) in [5.41, 5.74) is 6.91. The molecule has 0 aliphatic heterocycles. The normalized spacial score (nSPS) is 21.3. The minimum atomic E-state index is -1.02. The van der Waals surface area contributed by atoms with E-state index in [1.807, 2.05) is 0 Å². The van der Waals surface area contributed by atoms with Gasteiger partial charge in [0.05, 0.1) is 16.3 Å². The summed E-state index contributed by atoms with van der Waals surface area (Å²) in [6.07, 6.45) is 3.15. The quantitative estimate of drug-likeness (QED) is 0.740. The molecule has 0 spiro atoms. The number of hydrogen-bond acceptors (Lipinski definition) is 3. The summed E-state index contributed by atoms with van der Waals surface area (Å²) in [4.78, 5) is 11.3. The molecule has 1 atom stereocenters. The van der Waals surface area contributed by atoms with Crippen LogP contribution in [0.1, 0.15) is 43.5 Å². The van der Waals surface area contributed by atoms with E-state index in [1.54, 1.807) is 6.07 Å². The first-order valence-corrected chi connectivity index (χ1v) is 6.75. The highest BCUT2D eigenvalue weighted by Gasteiger charge is 2.31. The number of halogens is 1. The van der Waals surface area contributed by atoms with Crippen LogP contribution in [0.5, 0.6) is 0 Å². The number of nitrogen functional groups attached to an aromatic ring is 1. The van der Waals surface area contributed by atoms with E-state index in [1.165, 1.54) is 6.07 Å². The molecule has 1 unspecified atom stereocenters. The molecule has 0 heterocycles. The Morgan fingerprint density at radius 2 is 2.21 bits per heavy atom. The second-order valence-electron chi connectivity index (χ2n) is 5.98. The number of benzene rings is 1. The van der Waals surface area contributed by atoms with Gasteiger partial charge in [-0.15, -0.1) is 0 Å². The van der Waals surface area contributed by atoms with E-state index in [-0.39, 0.29) is 11.6 Å². The number of rotatable bonds is 3. The van der Waals surface area contributed by atoms with Crippen molar-refractivity contribution in [1.82, 2.24) is 0 Å². The molecule has 0 amide bonds. The topological polar surface area (TPSA) is 75.3 Å². The first-order valence-electron chi connectivity index (χ1n) is 6.37. The smallest absolute Gasteiger partial charge is 0.337 e. The Labute approximate surface area is 117 Å². The van der Waals surface area contributed by atoms with Gasteiger partial charge in [-0.1, -0.05) is 25.4 Å². The summed E-state index contributed by atoms with van der Waals surface area (Å²) in [7, 11) is 0. The number of nitrogens with one attached hydrogen (secondary N) is 1. The van der Waals surface area contributed by atoms with Crippen LogP contribution in [-0.4, -0.2) is 17.1 Å². The molecule has 0 aromatic heterocycles. The van der Waals surface area contributed by atoms with E-state index in [0.29, 0.717) is 21.8 Å². The molecular weight excluding hydrogens is 264 g/mol. The number of carbonyl (C=O) groups is 1. The number of hydrogen-bond donors (Lipinski definition) is 3. The van der Waals surface area contributed by atoms with E-state index < -0.39 is 5.97 Å². The predicted octanol–water partition coefficient (Wildman–Crippen LogP) is 3.61. The second kappa shape index (κ2) is 4.93. The molecule has 19 heavy (non-hydrogen) atoms. The number of carboxylic acids is 1. The average molecular weight is 283 g/mol. The minimum absolute atomic E-state index is 0.134. The Morgan fingerprint density at radius 3 is 2.74 bits per heavy atom. The zero-order valence-corrected chi connectivity index (χ0v) is 11.9. The fourth-order valence-corrected chi connectivity index (χ4v) is 2.99. The molecule has 0 radical (unpaired) electrons. The summed E-state index contributed by atoms with van der Waals surface area (Å²) in [5, 5.41) is 12.9. The van der Waals surface area contributed by atoms with Crippen LogP contribution in [0, 0.1) is 5.41 Å². The van der Waals surface area contributed by atoms with Gasteiger partial charge in [0.1, 0.15) is 0 Å². The first kappa shape index (κ1) is 14.0. The summed E-state index contributed by atoms with van der Waals surface area (Å²) in [5.74, 6) is -1.02. The molecule has 1 aliphatic carbocycles. The first-order chi connectivity index (χ1) is 8.78. The van der Waals surface area contributed by atoms with E-state index in [9.17, 15) is 9.90 Å². The monoisotopic (exact) mass is 282 g/mol. The van der Waals surface area contributed by atoms with Crippen molar-refractivity contribution in [3.8, 4) is 0 Å². The van der Waals surface area contributed by atoms with Crippen molar-refractivity contribution in [2.24, 2.45) is 5.41 Å². The molecule has 5 heteroatoms. The van der Waals surface area contributed by atoms with Gasteiger partial charge in [0.2, 0.25) is 0 Å². The predicted molar refractivity (Wildman–Crippen MR) is 77.9 cm³/mol. The van der Waals surface area contributed by atoms with Crippen LogP contribution in [0.4, 0.5) is 11.4 Å². The lowest BCUT2D eigenvalue weighted by atomic mass is 9.92. The third-order valence-electron chi connectivity index (χ3n) is 3.66. The summed E-state index contributed by atoms with van der Waals surface area (Å²) < 4.78 is 0. The van der Waals surface area contributed by atoms with Crippen LogP contribution in [0.25, 0.3) is 0 Å². The van der Waals surface area contributed by atoms with Crippen LogP contribution < -0.4 is 11.1 Å². The fourth-order valence-electron chi connectivity index (χ4n) is 2.71. The molecule has 4 N–H and O–H groups in total. The molecule has 1 aromatic rings. The van der Waals surface area contributed by atoms with E-state index in [4.69, 9.17) is 17.3 Å². The van der Waals surface area contributed by atoms with Crippen molar-refractivity contribution in [1.29, 1.82) is 0 Å². The molecule has 1 fully saturated rings. The SMILES string of the molecule is CC1(C)CCC(Nc2c(Cl)cc(N)cc2C(=O)O)C1. The zero-order chi connectivity index (χ0) is 14.2. The van der Waals surface area contributed by atoms with Crippen molar-refractivity contribution in [2.75, 3.05) is 11.1 Å². The number of aromatic carboxylic acids is 1. The lowest BCUT2D eigenvalue weighted by molar-refractivity contribution is 0.0698. The maximum absolute atomic E-state index is 11.3. The summed E-state index contributed by atoms with van der Waals surface area (Å²) in [6.45, 7) is 4.44. The maximum atomic E-state index is 11.3. The highest BCUT2D eigenvalue weighted by molar-refractivity contribution is 6.34. The molecule has 1 aromatic carbocycles. The van der Waals surface area contributed by atoms with E-state index in [0.717, 1.165) is 19.3 Å². The highest BCUT2D eigenvalue weighted by Crippen LogP contribution is 2.40. The van der Waals surface area contributed by atoms with Gasteiger partial charge in [-0.25, -0.2) is 4.79 Å². The Hall–Kier alpha value is -1.42. The standard InChI is InChI=1S/C14H19ClN2O2/c1-14(2)4-3-9(7-14)17-12-10(13(18)19)5-8(16)6-11(12)15/h5-6,9,17H,3-4,7,16H2,1-2H3,(H,18,19). The van der Waals surface area contributed by atoms with Crippen LogP contribution in [0.3, 0.4) is 0 Å². The molecule has 1 saturated carbocycles. The van der Waals surface area contributed by atoms with Crippen LogP contribution in [0.15, 0.2) is 12.1 Å². The lowest BCUT2D eigenvalue weighted by Crippen LogP contribution is -2.20. The molecule has 2 rings (SSSR count). The van der Waals surface area contributed by atoms with E-state index >= 15 is 0 Å². The zero-order valence-electron chi connectivity index (χ0n) is 11.2. The summed E-state index contributed by atoms with van der Waals surface area (Å²) in [6, 6.07) is 3.28. The van der Waals surface area contributed by atoms with Crippen molar-refractivity contribution >= 4 is 28.9 Å². The highest BCUT2D eigenvalue weighted by atomic mass is 35.5. The lowest BCUT2D eigenvalue weighted by Gasteiger charge is -2.20. The van der Waals surface area contributed by atoms with Crippen molar-refractivity contribution in [3.63, 3.8) is 0 Å². The number of anilines is 2. The molecule has 4 nitrogen and oxygen atoms in total. The third-order valence-corrected chi connectivity index (χ3v) is 3.96. The van der Waals surface area contributed by atoms with Crippen LogP contribution in [-0.2, 0) is 0 Å². The number of nitrogens with two attached hydrogens (primary N) is 1. The summed E-state index contributed by atoms with van der Waals surface area (Å²) >= 11 is 6.12. The molecule has 0 bridgehead atoms. The Morgan fingerprint density at radius 1 is 1.53 bits per heavy atom. The van der Waals surface area contributed by atoms with E-state index in [2.05, 4.69) is 19.2 Å².